The molecule has 1 rings (SSSR count). The Labute approximate surface area is 107 Å². The highest BCUT2D eigenvalue weighted by Gasteiger charge is 2.36. The molecule has 1 heterocycles. The first-order chi connectivity index (χ1) is 7.76. The van der Waals surface area contributed by atoms with Crippen LogP contribution in [0.3, 0.4) is 0 Å². The van der Waals surface area contributed by atoms with E-state index >= 15 is 0 Å². The summed E-state index contributed by atoms with van der Waals surface area (Å²) in [4.78, 5) is 4.94. The largest absolute Gasteiger partial charge is 0.481 e. The number of methoxy groups -OCH3 is 1. The molecule has 0 saturated heterocycles. The molecule has 0 atom stereocenters. The van der Waals surface area contributed by atoms with Crippen molar-refractivity contribution in [3.05, 3.63) is 18.3 Å². The zero-order valence-corrected chi connectivity index (χ0v) is 11.7. The minimum Gasteiger partial charge on any atom is -0.481 e. The van der Waals surface area contributed by atoms with E-state index in [4.69, 9.17) is 8.92 Å². The van der Waals surface area contributed by atoms with Gasteiger partial charge in [0.2, 0.25) is 5.88 Å². The molecule has 0 spiro atoms. The molecule has 1 N–H and O–H groups in total. The van der Waals surface area contributed by atoms with Crippen LogP contribution in [0.4, 0.5) is 0 Å². The van der Waals surface area contributed by atoms with Crippen LogP contribution in [0.5, 0.6) is 5.88 Å². The third kappa shape index (κ3) is 3.87. The summed E-state index contributed by atoms with van der Waals surface area (Å²) < 4.78 is 10.6. The molecule has 0 unspecified atom stereocenters. The molecule has 5 heteroatoms. The minimum absolute atomic E-state index is 0.566. The Bertz CT molecular complexity index is 357. The van der Waals surface area contributed by atoms with Gasteiger partial charge in [0, 0.05) is 24.3 Å². The lowest BCUT2D eigenvalue weighted by Crippen LogP contribution is -2.45. The van der Waals surface area contributed by atoms with E-state index < -0.39 is 11.2 Å². The van der Waals surface area contributed by atoms with E-state index in [0.29, 0.717) is 5.88 Å². The highest BCUT2D eigenvalue weighted by molar-refractivity contribution is 7.94. The predicted molar refractivity (Wildman–Crippen MR) is 68.1 cm³/mol. The molecule has 0 aromatic carbocycles. The molecule has 0 aliphatic carbocycles. The average molecular weight is 257 g/mol. The number of hydrogen-bond donors (Lipinski definition) is 1. The second kappa shape index (κ2) is 5.25. The van der Waals surface area contributed by atoms with Gasteiger partial charge in [-0.1, -0.05) is 0 Å². The minimum atomic E-state index is -0.917. The van der Waals surface area contributed by atoms with Gasteiger partial charge in [-0.3, -0.25) is 0 Å². The van der Waals surface area contributed by atoms with Crippen molar-refractivity contribution in [2.75, 3.05) is 7.11 Å². The van der Waals surface area contributed by atoms with Crippen LogP contribution in [-0.4, -0.2) is 28.4 Å². The first-order valence-corrected chi connectivity index (χ1v) is 6.08. The Kier molecular flexibility index (Phi) is 4.41. The number of pyridine rings is 1. The maximum absolute atomic E-state index is 9.93. The van der Waals surface area contributed by atoms with Crippen molar-refractivity contribution in [1.29, 1.82) is 0 Å². The molecule has 1 aromatic rings. The van der Waals surface area contributed by atoms with Crippen LogP contribution in [0.1, 0.15) is 27.7 Å². The average Bonchev–Trinajstić information content (AvgIpc) is 2.25. The van der Waals surface area contributed by atoms with Crippen LogP contribution < -0.4 is 4.74 Å². The van der Waals surface area contributed by atoms with Gasteiger partial charge in [-0.15, -0.1) is 0 Å². The zero-order valence-electron chi connectivity index (χ0n) is 10.9. The van der Waals surface area contributed by atoms with Crippen LogP contribution in [-0.2, 0) is 4.18 Å². The van der Waals surface area contributed by atoms with Crippen LogP contribution in [0.15, 0.2) is 23.2 Å². The van der Waals surface area contributed by atoms with Crippen molar-refractivity contribution in [2.45, 2.75) is 43.8 Å². The van der Waals surface area contributed by atoms with Gasteiger partial charge < -0.3 is 14.0 Å². The summed E-state index contributed by atoms with van der Waals surface area (Å²) >= 11 is 1.20. The molecule has 0 amide bonds. The van der Waals surface area contributed by atoms with Crippen molar-refractivity contribution in [3.63, 3.8) is 0 Å². The van der Waals surface area contributed by atoms with Crippen molar-refractivity contribution in [2.24, 2.45) is 0 Å². The quantitative estimate of drug-likeness (QED) is 0.822. The molecule has 0 fully saturated rings. The highest BCUT2D eigenvalue weighted by atomic mass is 32.2. The van der Waals surface area contributed by atoms with E-state index in [1.54, 1.807) is 33.2 Å². The van der Waals surface area contributed by atoms with Crippen molar-refractivity contribution in [1.82, 2.24) is 4.98 Å². The van der Waals surface area contributed by atoms with Gasteiger partial charge in [0.05, 0.1) is 17.6 Å². The molecule has 0 radical (unpaired) electrons. The number of nitrogens with zero attached hydrogens (tertiary/aromatic N) is 1. The summed E-state index contributed by atoms with van der Waals surface area (Å²) in [6, 6.07) is 3.62. The van der Waals surface area contributed by atoms with E-state index in [9.17, 15) is 5.11 Å². The summed E-state index contributed by atoms with van der Waals surface area (Å²) in [6.07, 6.45) is 1.67. The van der Waals surface area contributed by atoms with Crippen molar-refractivity contribution >= 4 is 12.0 Å². The fourth-order valence-electron chi connectivity index (χ4n) is 0.791. The third-order valence-corrected chi connectivity index (χ3v) is 3.67. The first kappa shape index (κ1) is 14.3. The molecule has 4 nitrogen and oxygen atoms in total. The van der Waals surface area contributed by atoms with Gasteiger partial charge in [0.15, 0.2) is 0 Å². The molecule has 0 bridgehead atoms. The Hall–Kier alpha value is -0.780. The van der Waals surface area contributed by atoms with E-state index in [2.05, 4.69) is 4.98 Å². The van der Waals surface area contributed by atoms with Crippen molar-refractivity contribution in [3.8, 4) is 5.88 Å². The Morgan fingerprint density at radius 2 is 1.88 bits per heavy atom. The van der Waals surface area contributed by atoms with Gasteiger partial charge in [0.1, 0.15) is 5.60 Å². The van der Waals surface area contributed by atoms with E-state index in [1.807, 2.05) is 19.9 Å². The summed E-state index contributed by atoms with van der Waals surface area (Å²) in [7, 11) is 1.57. The lowest BCUT2D eigenvalue weighted by molar-refractivity contribution is -0.0813. The summed E-state index contributed by atoms with van der Waals surface area (Å²) in [5, 5.41) is 9.93. The maximum Gasteiger partial charge on any atom is 0.212 e. The molecule has 1 aromatic heterocycles. The highest BCUT2D eigenvalue weighted by Crippen LogP contribution is 2.32. The van der Waals surface area contributed by atoms with Crippen LogP contribution in [0, 0.1) is 0 Å². The molecule has 0 aliphatic heterocycles. The lowest BCUT2D eigenvalue weighted by atomic mass is 9.90. The zero-order chi connectivity index (χ0) is 13.1. The van der Waals surface area contributed by atoms with Gasteiger partial charge in [-0.05, 0) is 33.8 Å². The number of aromatic nitrogens is 1. The molecule has 17 heavy (non-hydrogen) atoms. The fourth-order valence-corrected chi connectivity index (χ4v) is 1.52. The third-order valence-electron chi connectivity index (χ3n) is 2.74. The van der Waals surface area contributed by atoms with Gasteiger partial charge in [-0.25, -0.2) is 4.98 Å². The SMILES string of the molecule is COc1ccc(SOC(C)(C)C(C)(C)O)cn1. The Balaban J connectivity index is 2.61. The lowest BCUT2D eigenvalue weighted by Gasteiger charge is -2.35. The molecule has 0 aliphatic rings. The molecule has 96 valence electrons. The molecule has 0 saturated carbocycles. The van der Waals surface area contributed by atoms with E-state index in [0.717, 1.165) is 4.90 Å². The van der Waals surface area contributed by atoms with Gasteiger partial charge in [-0.2, -0.15) is 0 Å². The first-order valence-electron chi connectivity index (χ1n) is 5.34. The summed E-state index contributed by atoms with van der Waals surface area (Å²) in [5.74, 6) is 0.566. The molecular weight excluding hydrogens is 238 g/mol. The number of aliphatic hydroxyl groups is 1. The second-order valence-electron chi connectivity index (χ2n) is 4.77. The monoisotopic (exact) mass is 257 g/mol. The smallest absolute Gasteiger partial charge is 0.212 e. The van der Waals surface area contributed by atoms with Gasteiger partial charge in [0.25, 0.3) is 0 Å². The van der Waals surface area contributed by atoms with E-state index in [-0.39, 0.29) is 0 Å². The maximum atomic E-state index is 9.93. The van der Waals surface area contributed by atoms with E-state index in [1.165, 1.54) is 12.0 Å². The number of ether oxygens (including phenoxy) is 1. The standard InChI is InChI=1S/C12H19NO3S/c1-11(2,14)12(3,4)16-17-9-6-7-10(15-5)13-8-9/h6-8,14H,1-5H3. The van der Waals surface area contributed by atoms with Crippen LogP contribution in [0.25, 0.3) is 0 Å². The van der Waals surface area contributed by atoms with Crippen LogP contribution in [0.2, 0.25) is 0 Å². The number of rotatable bonds is 5. The normalized spacial score (nSPS) is 12.6. The Morgan fingerprint density at radius 1 is 1.24 bits per heavy atom. The van der Waals surface area contributed by atoms with Gasteiger partial charge >= 0.3 is 0 Å². The summed E-state index contributed by atoms with van der Waals surface area (Å²) in [6.45, 7) is 7.13. The predicted octanol–water partition coefficient (Wildman–Crippen LogP) is 2.66. The topological polar surface area (TPSA) is 51.6 Å². The molecular formula is C12H19NO3S. The Morgan fingerprint density at radius 3 is 2.29 bits per heavy atom. The second-order valence-corrected chi connectivity index (χ2v) is 5.58. The van der Waals surface area contributed by atoms with Crippen LogP contribution >= 0.6 is 12.0 Å². The number of hydrogen-bond acceptors (Lipinski definition) is 5. The fraction of sp³-hybridized carbons (Fsp3) is 0.583. The van der Waals surface area contributed by atoms with Crippen molar-refractivity contribution < 1.29 is 14.0 Å². The summed E-state index contributed by atoms with van der Waals surface area (Å²) in [5.41, 5.74) is -1.57.